The predicted molar refractivity (Wildman–Crippen MR) is 102 cm³/mol. The van der Waals surface area contributed by atoms with Crippen molar-refractivity contribution >= 4 is 34.0 Å². The first-order valence-corrected chi connectivity index (χ1v) is 9.74. The predicted octanol–water partition coefficient (Wildman–Crippen LogP) is 3.45. The summed E-state index contributed by atoms with van der Waals surface area (Å²) in [6.07, 6.45) is 0. The number of thioether (sulfide) groups is 1. The van der Waals surface area contributed by atoms with Gasteiger partial charge >= 0.3 is 0 Å². The summed E-state index contributed by atoms with van der Waals surface area (Å²) in [4.78, 5) is 12.1. The first kappa shape index (κ1) is 18.1. The van der Waals surface area contributed by atoms with Gasteiger partial charge in [0.1, 0.15) is 11.1 Å². The Hall–Kier alpha value is -2.70. The summed E-state index contributed by atoms with van der Waals surface area (Å²) in [6.45, 7) is 4.27. The Balaban J connectivity index is 1.65. The van der Waals surface area contributed by atoms with E-state index >= 15 is 0 Å². The summed E-state index contributed by atoms with van der Waals surface area (Å²) in [5, 5.41) is 26.3. The second-order valence-electron chi connectivity index (χ2n) is 5.73. The fourth-order valence-electron chi connectivity index (χ4n) is 2.22. The van der Waals surface area contributed by atoms with Crippen LogP contribution in [-0.2, 0) is 4.79 Å². The second kappa shape index (κ2) is 8.12. The normalized spacial score (nSPS) is 10.7. The molecule has 26 heavy (non-hydrogen) atoms. The van der Waals surface area contributed by atoms with Crippen molar-refractivity contribution in [1.82, 2.24) is 20.2 Å². The average molecular weight is 384 g/mol. The number of rotatable bonds is 6. The van der Waals surface area contributed by atoms with Gasteiger partial charge < -0.3 is 5.32 Å². The topological polar surface area (TPSA) is 96.5 Å². The van der Waals surface area contributed by atoms with Crippen molar-refractivity contribution in [3.63, 3.8) is 0 Å². The van der Waals surface area contributed by atoms with E-state index in [1.165, 1.54) is 28.7 Å². The van der Waals surface area contributed by atoms with Crippen molar-refractivity contribution in [3.8, 4) is 11.8 Å². The third-order valence-electron chi connectivity index (χ3n) is 3.62. The van der Waals surface area contributed by atoms with E-state index in [1.807, 2.05) is 30.3 Å². The molecule has 0 saturated heterocycles. The van der Waals surface area contributed by atoms with Crippen LogP contribution in [0.4, 0.5) is 5.00 Å². The number of tetrazole rings is 1. The number of benzene rings is 1. The summed E-state index contributed by atoms with van der Waals surface area (Å²) in [6, 6.07) is 11.7. The number of carbonyl (C=O) groups is 1. The Labute approximate surface area is 159 Å². The van der Waals surface area contributed by atoms with E-state index in [4.69, 9.17) is 5.26 Å². The molecule has 0 bridgehead atoms. The van der Waals surface area contributed by atoms with Gasteiger partial charge in [0, 0.05) is 0 Å². The number of nitrogens with one attached hydrogen (secondary N) is 1. The van der Waals surface area contributed by atoms with Crippen molar-refractivity contribution in [1.29, 1.82) is 5.26 Å². The van der Waals surface area contributed by atoms with E-state index in [-0.39, 0.29) is 11.7 Å². The van der Waals surface area contributed by atoms with Crippen molar-refractivity contribution < 1.29 is 4.79 Å². The van der Waals surface area contributed by atoms with Crippen molar-refractivity contribution in [2.75, 3.05) is 11.1 Å². The number of anilines is 1. The van der Waals surface area contributed by atoms with E-state index in [0.717, 1.165) is 5.69 Å². The lowest BCUT2D eigenvalue weighted by Gasteiger charge is -2.08. The maximum absolute atomic E-state index is 12.1. The third kappa shape index (κ3) is 4.09. The molecule has 1 amide bonds. The highest BCUT2D eigenvalue weighted by atomic mass is 32.2. The third-order valence-corrected chi connectivity index (χ3v) is 5.37. The van der Waals surface area contributed by atoms with Crippen molar-refractivity contribution in [2.45, 2.75) is 24.9 Å². The molecule has 2 heterocycles. The summed E-state index contributed by atoms with van der Waals surface area (Å²) >= 11 is 2.56. The maximum Gasteiger partial charge on any atom is 0.235 e. The van der Waals surface area contributed by atoms with Crippen LogP contribution in [0.2, 0.25) is 0 Å². The van der Waals surface area contributed by atoms with E-state index in [9.17, 15) is 4.79 Å². The van der Waals surface area contributed by atoms with Gasteiger partial charge in [-0.25, -0.2) is 0 Å². The summed E-state index contributed by atoms with van der Waals surface area (Å²) < 4.78 is 1.61. The molecule has 0 spiro atoms. The number of thiophene rings is 1. The molecule has 0 atom stereocenters. The number of nitriles is 1. The molecule has 3 rings (SSSR count). The van der Waals surface area contributed by atoms with Gasteiger partial charge in [-0.3, -0.25) is 4.79 Å². The molecule has 2 aromatic heterocycles. The summed E-state index contributed by atoms with van der Waals surface area (Å²) in [7, 11) is 0. The number of amides is 1. The van der Waals surface area contributed by atoms with Gasteiger partial charge in [0.05, 0.1) is 17.0 Å². The maximum atomic E-state index is 12.1. The molecule has 0 unspecified atom stereocenters. The van der Waals surface area contributed by atoms with Crippen LogP contribution >= 0.6 is 23.1 Å². The molecule has 0 fully saturated rings. The van der Waals surface area contributed by atoms with Gasteiger partial charge in [0.2, 0.25) is 11.1 Å². The van der Waals surface area contributed by atoms with Crippen LogP contribution in [0.3, 0.4) is 0 Å². The van der Waals surface area contributed by atoms with E-state index in [0.29, 0.717) is 21.6 Å². The van der Waals surface area contributed by atoms with Crippen LogP contribution in [0.25, 0.3) is 5.69 Å². The quantitative estimate of drug-likeness (QED) is 0.654. The molecule has 0 aliphatic rings. The molecule has 9 heteroatoms. The minimum absolute atomic E-state index is 0.146. The Bertz CT molecular complexity index is 939. The van der Waals surface area contributed by atoms with Crippen LogP contribution in [0.5, 0.6) is 0 Å². The number of aromatic nitrogens is 4. The molecule has 1 aromatic carbocycles. The molecular weight excluding hydrogens is 368 g/mol. The van der Waals surface area contributed by atoms with Crippen LogP contribution < -0.4 is 5.32 Å². The standard InChI is InChI=1S/C17H16N6OS2/c1-11(2)12-3-5-14(6-4-12)23-17(20-21-22-23)26-10-15(24)19-16-13(9-18)7-8-25-16/h3-8,11H,10H2,1-2H3,(H,19,24). The van der Waals surface area contributed by atoms with Crippen molar-refractivity contribution in [3.05, 3.63) is 46.8 Å². The monoisotopic (exact) mass is 384 g/mol. The van der Waals surface area contributed by atoms with Gasteiger partial charge in [0.15, 0.2) is 0 Å². The number of carbonyl (C=O) groups excluding carboxylic acids is 1. The highest BCUT2D eigenvalue weighted by molar-refractivity contribution is 7.99. The Morgan fingerprint density at radius 2 is 2.12 bits per heavy atom. The van der Waals surface area contributed by atoms with Gasteiger partial charge in [-0.15, -0.1) is 16.4 Å². The van der Waals surface area contributed by atoms with Gasteiger partial charge in [-0.2, -0.15) is 9.94 Å². The van der Waals surface area contributed by atoms with Gasteiger partial charge in [0.25, 0.3) is 0 Å². The lowest BCUT2D eigenvalue weighted by molar-refractivity contribution is -0.113. The Morgan fingerprint density at radius 1 is 1.35 bits per heavy atom. The Kier molecular flexibility index (Phi) is 5.65. The molecule has 1 N–H and O–H groups in total. The van der Waals surface area contributed by atoms with Crippen LogP contribution in [0, 0.1) is 11.3 Å². The lowest BCUT2D eigenvalue weighted by atomic mass is 10.0. The van der Waals surface area contributed by atoms with Crippen LogP contribution in [0.15, 0.2) is 40.9 Å². The highest BCUT2D eigenvalue weighted by Crippen LogP contribution is 2.24. The molecule has 0 saturated carbocycles. The zero-order chi connectivity index (χ0) is 18.5. The second-order valence-corrected chi connectivity index (χ2v) is 7.59. The largest absolute Gasteiger partial charge is 0.316 e. The first-order valence-electron chi connectivity index (χ1n) is 7.87. The molecule has 3 aromatic rings. The minimum Gasteiger partial charge on any atom is -0.316 e. The SMILES string of the molecule is CC(C)c1ccc(-n2nnnc2SCC(=O)Nc2sccc2C#N)cc1. The molecule has 0 aliphatic carbocycles. The highest BCUT2D eigenvalue weighted by Gasteiger charge is 2.13. The zero-order valence-corrected chi connectivity index (χ0v) is 15.8. The van der Waals surface area contributed by atoms with Crippen molar-refractivity contribution in [2.24, 2.45) is 0 Å². The molecule has 7 nitrogen and oxygen atoms in total. The molecule has 0 aliphatic heterocycles. The van der Waals surface area contributed by atoms with Crippen LogP contribution in [0.1, 0.15) is 30.9 Å². The fourth-order valence-corrected chi connectivity index (χ4v) is 3.66. The lowest BCUT2D eigenvalue weighted by Crippen LogP contribution is -2.14. The van der Waals surface area contributed by atoms with Crippen LogP contribution in [-0.4, -0.2) is 31.9 Å². The number of nitrogens with zero attached hydrogens (tertiary/aromatic N) is 5. The number of hydrogen-bond acceptors (Lipinski definition) is 7. The Morgan fingerprint density at radius 3 is 2.81 bits per heavy atom. The molecular formula is C17H16N6OS2. The van der Waals surface area contributed by atoms with E-state index < -0.39 is 0 Å². The molecule has 132 valence electrons. The number of hydrogen-bond donors (Lipinski definition) is 1. The van der Waals surface area contributed by atoms with Gasteiger partial charge in [-0.05, 0) is 45.5 Å². The van der Waals surface area contributed by atoms with Gasteiger partial charge in [-0.1, -0.05) is 37.7 Å². The van der Waals surface area contributed by atoms with E-state index in [2.05, 4.69) is 34.7 Å². The summed E-state index contributed by atoms with van der Waals surface area (Å²) in [5.41, 5.74) is 2.54. The van der Waals surface area contributed by atoms with E-state index in [1.54, 1.807) is 16.1 Å². The first-order chi connectivity index (χ1) is 12.6. The zero-order valence-electron chi connectivity index (χ0n) is 14.2. The smallest absolute Gasteiger partial charge is 0.235 e. The fraction of sp³-hybridized carbons (Fsp3) is 0.235. The minimum atomic E-state index is -0.210. The summed E-state index contributed by atoms with van der Waals surface area (Å²) in [5.74, 6) is 0.386. The molecule has 0 radical (unpaired) electrons. The average Bonchev–Trinajstić information content (AvgIpc) is 3.28.